The van der Waals surface area contributed by atoms with Crippen LogP contribution in [0.25, 0.3) is 0 Å². The lowest BCUT2D eigenvalue weighted by atomic mass is 10.3. The second-order valence-corrected chi connectivity index (χ2v) is 3.59. The van der Waals surface area contributed by atoms with E-state index in [1.807, 2.05) is 6.92 Å². The van der Waals surface area contributed by atoms with Crippen molar-refractivity contribution < 1.29 is 14.4 Å². The zero-order valence-electron chi connectivity index (χ0n) is 10.3. The van der Waals surface area contributed by atoms with Gasteiger partial charge >= 0.3 is 5.69 Å². The Labute approximate surface area is 109 Å². The minimum Gasteiger partial charge on any atom is -0.494 e. The van der Waals surface area contributed by atoms with Gasteiger partial charge in [-0.1, -0.05) is 0 Å². The first-order valence-corrected chi connectivity index (χ1v) is 5.71. The van der Waals surface area contributed by atoms with Gasteiger partial charge in [-0.2, -0.15) is 0 Å². The second kappa shape index (κ2) is 5.81. The summed E-state index contributed by atoms with van der Waals surface area (Å²) in [6.07, 6.45) is 1.44. The molecule has 6 heteroatoms. The predicted octanol–water partition coefficient (Wildman–Crippen LogP) is 3.18. The van der Waals surface area contributed by atoms with Crippen LogP contribution in [0, 0.1) is 10.1 Å². The highest BCUT2D eigenvalue weighted by atomic mass is 16.6. The third kappa shape index (κ3) is 3.19. The molecule has 0 aliphatic heterocycles. The van der Waals surface area contributed by atoms with Gasteiger partial charge in [-0.05, 0) is 37.3 Å². The quantitative estimate of drug-likeness (QED) is 0.609. The number of benzene rings is 1. The Balaban J connectivity index is 2.19. The Kier molecular flexibility index (Phi) is 3.92. The molecule has 0 saturated heterocycles. The molecule has 1 aromatic carbocycles. The number of nitrogens with zero attached hydrogens (tertiary/aromatic N) is 2. The maximum atomic E-state index is 10.8. The molecule has 0 aliphatic carbocycles. The first-order chi connectivity index (χ1) is 9.20. The number of hydrogen-bond donors (Lipinski definition) is 0. The van der Waals surface area contributed by atoms with E-state index in [1.165, 1.54) is 18.3 Å². The summed E-state index contributed by atoms with van der Waals surface area (Å²) in [6, 6.07) is 9.63. The maximum absolute atomic E-state index is 10.8. The van der Waals surface area contributed by atoms with Gasteiger partial charge in [-0.3, -0.25) is 10.1 Å². The second-order valence-electron chi connectivity index (χ2n) is 3.59. The normalized spacial score (nSPS) is 9.95. The molecule has 98 valence electrons. The van der Waals surface area contributed by atoms with Crippen LogP contribution in [0.2, 0.25) is 0 Å². The highest BCUT2D eigenvalue weighted by Gasteiger charge is 2.16. The SMILES string of the molecule is CCOc1ccc(Oc2ncccc2[N+](=O)[O-])cc1. The van der Waals surface area contributed by atoms with Crippen LogP contribution in [-0.2, 0) is 0 Å². The van der Waals surface area contributed by atoms with Gasteiger partial charge < -0.3 is 9.47 Å². The monoisotopic (exact) mass is 260 g/mol. The largest absolute Gasteiger partial charge is 0.494 e. The molecule has 0 saturated carbocycles. The van der Waals surface area contributed by atoms with Crippen LogP contribution in [0.5, 0.6) is 17.4 Å². The van der Waals surface area contributed by atoms with Crippen LogP contribution in [0.4, 0.5) is 5.69 Å². The van der Waals surface area contributed by atoms with E-state index in [9.17, 15) is 10.1 Å². The van der Waals surface area contributed by atoms with Gasteiger partial charge in [0.15, 0.2) is 0 Å². The summed E-state index contributed by atoms with van der Waals surface area (Å²) in [5, 5.41) is 10.8. The lowest BCUT2D eigenvalue weighted by molar-refractivity contribution is -0.386. The Bertz CT molecular complexity index is 569. The predicted molar refractivity (Wildman–Crippen MR) is 68.6 cm³/mol. The molecule has 2 rings (SSSR count). The van der Waals surface area contributed by atoms with Gasteiger partial charge in [0.2, 0.25) is 0 Å². The number of rotatable bonds is 5. The van der Waals surface area contributed by atoms with E-state index in [0.717, 1.165) is 0 Å². The molecule has 0 unspecified atom stereocenters. The molecule has 1 aromatic heterocycles. The number of nitro groups is 1. The smallest absolute Gasteiger partial charge is 0.331 e. The van der Waals surface area contributed by atoms with Crippen LogP contribution < -0.4 is 9.47 Å². The van der Waals surface area contributed by atoms with Crippen molar-refractivity contribution in [2.24, 2.45) is 0 Å². The minimum atomic E-state index is -0.531. The first kappa shape index (κ1) is 12.8. The molecule has 1 heterocycles. The molecule has 0 atom stereocenters. The fraction of sp³-hybridized carbons (Fsp3) is 0.154. The molecule has 0 amide bonds. The van der Waals surface area contributed by atoms with E-state index in [0.29, 0.717) is 18.1 Å². The summed E-state index contributed by atoms with van der Waals surface area (Å²) < 4.78 is 10.7. The summed E-state index contributed by atoms with van der Waals surface area (Å²) in [7, 11) is 0. The molecule has 0 N–H and O–H groups in total. The highest BCUT2D eigenvalue weighted by Crippen LogP contribution is 2.29. The lowest BCUT2D eigenvalue weighted by Crippen LogP contribution is -1.95. The van der Waals surface area contributed by atoms with Crippen LogP contribution in [0.1, 0.15) is 6.92 Å². The van der Waals surface area contributed by atoms with E-state index in [4.69, 9.17) is 9.47 Å². The maximum Gasteiger partial charge on any atom is 0.331 e. The van der Waals surface area contributed by atoms with Crippen molar-refractivity contribution in [1.29, 1.82) is 0 Å². The van der Waals surface area contributed by atoms with Crippen LogP contribution in [0.3, 0.4) is 0 Å². The van der Waals surface area contributed by atoms with Crippen molar-refractivity contribution in [3.8, 4) is 17.4 Å². The number of aromatic nitrogens is 1. The molecule has 0 radical (unpaired) electrons. The third-order valence-corrected chi connectivity index (χ3v) is 2.30. The fourth-order valence-corrected chi connectivity index (χ4v) is 1.48. The fourth-order valence-electron chi connectivity index (χ4n) is 1.48. The minimum absolute atomic E-state index is 0.0309. The molecule has 2 aromatic rings. The van der Waals surface area contributed by atoms with Gasteiger partial charge in [0, 0.05) is 12.3 Å². The van der Waals surface area contributed by atoms with E-state index in [1.54, 1.807) is 24.3 Å². The van der Waals surface area contributed by atoms with Gasteiger partial charge in [0.25, 0.3) is 5.88 Å². The summed E-state index contributed by atoms with van der Waals surface area (Å²) in [5.41, 5.74) is -0.170. The van der Waals surface area contributed by atoms with Crippen molar-refractivity contribution in [1.82, 2.24) is 4.98 Å². The lowest BCUT2D eigenvalue weighted by Gasteiger charge is -2.06. The topological polar surface area (TPSA) is 74.5 Å². The van der Waals surface area contributed by atoms with Crippen LogP contribution in [-0.4, -0.2) is 16.5 Å². The molecule has 0 bridgehead atoms. The number of pyridine rings is 1. The average Bonchev–Trinajstić information content (AvgIpc) is 2.42. The van der Waals surface area contributed by atoms with Gasteiger partial charge in [-0.25, -0.2) is 4.98 Å². The summed E-state index contributed by atoms with van der Waals surface area (Å²) in [5.74, 6) is 1.15. The summed E-state index contributed by atoms with van der Waals surface area (Å²) >= 11 is 0. The van der Waals surface area contributed by atoms with Gasteiger partial charge in [-0.15, -0.1) is 0 Å². The van der Waals surface area contributed by atoms with Crippen molar-refractivity contribution in [3.05, 3.63) is 52.7 Å². The summed E-state index contributed by atoms with van der Waals surface area (Å²) in [6.45, 7) is 2.47. The molecule has 0 spiro atoms. The Morgan fingerprint density at radius 1 is 1.21 bits per heavy atom. The van der Waals surface area contributed by atoms with E-state index >= 15 is 0 Å². The van der Waals surface area contributed by atoms with Gasteiger partial charge in [0.05, 0.1) is 11.5 Å². The highest BCUT2D eigenvalue weighted by molar-refractivity contribution is 5.43. The van der Waals surface area contributed by atoms with Crippen LogP contribution >= 0.6 is 0 Å². The van der Waals surface area contributed by atoms with E-state index in [-0.39, 0.29) is 11.6 Å². The van der Waals surface area contributed by atoms with Crippen molar-refractivity contribution in [2.75, 3.05) is 6.61 Å². The molecular formula is C13H12N2O4. The van der Waals surface area contributed by atoms with Crippen LogP contribution in [0.15, 0.2) is 42.6 Å². The summed E-state index contributed by atoms with van der Waals surface area (Å²) in [4.78, 5) is 14.1. The molecule has 6 nitrogen and oxygen atoms in total. The Hall–Kier alpha value is -2.63. The van der Waals surface area contributed by atoms with Gasteiger partial charge in [0.1, 0.15) is 11.5 Å². The Morgan fingerprint density at radius 2 is 1.89 bits per heavy atom. The average molecular weight is 260 g/mol. The zero-order chi connectivity index (χ0) is 13.7. The standard InChI is InChI=1S/C13H12N2O4/c1-2-18-10-5-7-11(8-6-10)19-13-12(15(16)17)4-3-9-14-13/h3-9H,2H2,1H3. The van der Waals surface area contributed by atoms with Crippen molar-refractivity contribution >= 4 is 5.69 Å². The Morgan fingerprint density at radius 3 is 2.53 bits per heavy atom. The number of hydrogen-bond acceptors (Lipinski definition) is 5. The van der Waals surface area contributed by atoms with Crippen molar-refractivity contribution in [2.45, 2.75) is 6.92 Å². The zero-order valence-corrected chi connectivity index (χ0v) is 10.3. The molecular weight excluding hydrogens is 248 g/mol. The molecule has 0 fully saturated rings. The third-order valence-electron chi connectivity index (χ3n) is 2.30. The first-order valence-electron chi connectivity index (χ1n) is 5.71. The number of ether oxygens (including phenoxy) is 2. The van der Waals surface area contributed by atoms with Crippen molar-refractivity contribution in [3.63, 3.8) is 0 Å². The molecule has 0 aliphatic rings. The van der Waals surface area contributed by atoms with E-state index < -0.39 is 4.92 Å². The van der Waals surface area contributed by atoms with E-state index in [2.05, 4.69) is 4.98 Å². The molecule has 19 heavy (non-hydrogen) atoms.